The van der Waals surface area contributed by atoms with Crippen LogP contribution in [0.15, 0.2) is 23.8 Å². The SMILES string of the molecule is CC/C(C=O)=C/c1cccc(OC)n1. The van der Waals surface area contributed by atoms with Gasteiger partial charge in [0.25, 0.3) is 0 Å². The van der Waals surface area contributed by atoms with Gasteiger partial charge in [-0.15, -0.1) is 0 Å². The molecule has 0 N–H and O–H groups in total. The lowest BCUT2D eigenvalue weighted by Crippen LogP contribution is -1.90. The highest BCUT2D eigenvalue weighted by molar-refractivity contribution is 5.80. The first-order valence-electron chi connectivity index (χ1n) is 4.47. The molecule has 0 radical (unpaired) electrons. The molecule has 3 nitrogen and oxygen atoms in total. The fourth-order valence-electron chi connectivity index (χ4n) is 1.03. The van der Waals surface area contributed by atoms with Gasteiger partial charge in [0, 0.05) is 6.07 Å². The molecule has 0 aliphatic rings. The highest BCUT2D eigenvalue weighted by Gasteiger charge is 1.96. The van der Waals surface area contributed by atoms with Crippen LogP contribution in [0.1, 0.15) is 19.0 Å². The Hall–Kier alpha value is -1.64. The first kappa shape index (κ1) is 10.4. The van der Waals surface area contributed by atoms with E-state index in [1.165, 1.54) is 0 Å². The maximum Gasteiger partial charge on any atom is 0.213 e. The molecule has 1 aromatic heterocycles. The Kier molecular flexibility index (Phi) is 3.85. The first-order valence-corrected chi connectivity index (χ1v) is 4.47. The second-order valence-electron chi connectivity index (χ2n) is 2.80. The molecule has 14 heavy (non-hydrogen) atoms. The number of allylic oxidation sites excluding steroid dienone is 1. The Morgan fingerprint density at radius 3 is 2.93 bits per heavy atom. The molecule has 0 aliphatic carbocycles. The number of aldehydes is 1. The summed E-state index contributed by atoms with van der Waals surface area (Å²) in [5.74, 6) is 0.556. The summed E-state index contributed by atoms with van der Waals surface area (Å²) in [4.78, 5) is 14.7. The largest absolute Gasteiger partial charge is 0.481 e. The van der Waals surface area contributed by atoms with Crippen LogP contribution in [0.2, 0.25) is 0 Å². The molecule has 74 valence electrons. The Bertz CT molecular complexity index is 345. The van der Waals surface area contributed by atoms with E-state index in [9.17, 15) is 4.79 Å². The normalized spacial score (nSPS) is 11.1. The highest BCUT2D eigenvalue weighted by atomic mass is 16.5. The van der Waals surface area contributed by atoms with Crippen LogP contribution >= 0.6 is 0 Å². The van der Waals surface area contributed by atoms with Gasteiger partial charge in [-0.25, -0.2) is 4.98 Å². The van der Waals surface area contributed by atoms with Crippen LogP contribution in [0.3, 0.4) is 0 Å². The fraction of sp³-hybridized carbons (Fsp3) is 0.273. The summed E-state index contributed by atoms with van der Waals surface area (Å²) in [7, 11) is 1.57. The summed E-state index contributed by atoms with van der Waals surface area (Å²) >= 11 is 0. The van der Waals surface area contributed by atoms with E-state index in [2.05, 4.69) is 4.98 Å². The number of rotatable bonds is 4. The molecule has 0 fully saturated rings. The minimum absolute atomic E-state index is 0.556. The molecule has 0 saturated carbocycles. The zero-order chi connectivity index (χ0) is 10.4. The molecule has 0 amide bonds. The number of carbonyl (C=O) groups is 1. The monoisotopic (exact) mass is 191 g/mol. The summed E-state index contributed by atoms with van der Waals surface area (Å²) in [6.07, 6.45) is 3.32. The van der Waals surface area contributed by atoms with E-state index >= 15 is 0 Å². The molecule has 0 aliphatic heterocycles. The van der Waals surface area contributed by atoms with Crippen LogP contribution in [-0.2, 0) is 4.79 Å². The van der Waals surface area contributed by atoms with Gasteiger partial charge >= 0.3 is 0 Å². The van der Waals surface area contributed by atoms with Crippen LogP contribution < -0.4 is 4.74 Å². The van der Waals surface area contributed by atoms with Crippen LogP contribution in [0.25, 0.3) is 6.08 Å². The Morgan fingerprint density at radius 2 is 2.36 bits per heavy atom. The van der Waals surface area contributed by atoms with Gasteiger partial charge in [-0.2, -0.15) is 0 Å². The lowest BCUT2D eigenvalue weighted by atomic mass is 10.2. The Balaban J connectivity index is 2.95. The molecule has 0 spiro atoms. The van der Waals surface area contributed by atoms with Crippen molar-refractivity contribution in [3.05, 3.63) is 29.5 Å². The molecular weight excluding hydrogens is 178 g/mol. The second-order valence-corrected chi connectivity index (χ2v) is 2.80. The molecule has 3 heteroatoms. The van der Waals surface area contributed by atoms with E-state index in [4.69, 9.17) is 4.74 Å². The minimum Gasteiger partial charge on any atom is -0.481 e. The van der Waals surface area contributed by atoms with Crippen LogP contribution in [0.5, 0.6) is 5.88 Å². The number of carbonyl (C=O) groups excluding carboxylic acids is 1. The summed E-state index contributed by atoms with van der Waals surface area (Å²) in [5, 5.41) is 0. The molecule has 1 rings (SSSR count). The number of aromatic nitrogens is 1. The van der Waals surface area contributed by atoms with Gasteiger partial charge in [-0.05, 0) is 24.1 Å². The van der Waals surface area contributed by atoms with Crippen molar-refractivity contribution < 1.29 is 9.53 Å². The van der Waals surface area contributed by atoms with E-state index in [1.807, 2.05) is 19.1 Å². The van der Waals surface area contributed by atoms with Crippen molar-refractivity contribution in [1.82, 2.24) is 4.98 Å². The number of hydrogen-bond donors (Lipinski definition) is 0. The van der Waals surface area contributed by atoms with Crippen molar-refractivity contribution in [2.45, 2.75) is 13.3 Å². The second kappa shape index (κ2) is 5.17. The van der Waals surface area contributed by atoms with Gasteiger partial charge in [0.15, 0.2) is 0 Å². The van der Waals surface area contributed by atoms with Crippen LogP contribution in [-0.4, -0.2) is 18.4 Å². The van der Waals surface area contributed by atoms with Crippen molar-refractivity contribution in [2.24, 2.45) is 0 Å². The van der Waals surface area contributed by atoms with Crippen molar-refractivity contribution in [1.29, 1.82) is 0 Å². The molecule has 0 saturated heterocycles. The van der Waals surface area contributed by atoms with Crippen molar-refractivity contribution >= 4 is 12.4 Å². The number of pyridine rings is 1. The van der Waals surface area contributed by atoms with E-state index < -0.39 is 0 Å². The Labute approximate surface area is 83.4 Å². The van der Waals surface area contributed by atoms with Crippen molar-refractivity contribution in [3.8, 4) is 5.88 Å². The zero-order valence-corrected chi connectivity index (χ0v) is 8.36. The lowest BCUT2D eigenvalue weighted by molar-refractivity contribution is -0.104. The standard InChI is InChI=1S/C11H13NO2/c1-3-9(8-13)7-10-5-4-6-11(12-10)14-2/h4-8H,3H2,1-2H3/b9-7-. The smallest absolute Gasteiger partial charge is 0.213 e. The Morgan fingerprint density at radius 1 is 1.57 bits per heavy atom. The minimum atomic E-state index is 0.556. The maximum atomic E-state index is 10.6. The van der Waals surface area contributed by atoms with Crippen LogP contribution in [0.4, 0.5) is 0 Å². The summed E-state index contributed by atoms with van der Waals surface area (Å²) in [5.41, 5.74) is 1.47. The molecule has 0 bridgehead atoms. The predicted octanol–water partition coefficient (Wildman–Crippen LogP) is 2.08. The molecule has 1 aromatic rings. The van der Waals surface area contributed by atoms with E-state index in [-0.39, 0.29) is 0 Å². The topological polar surface area (TPSA) is 39.2 Å². The van der Waals surface area contributed by atoms with Crippen molar-refractivity contribution in [2.75, 3.05) is 7.11 Å². The van der Waals surface area contributed by atoms with E-state index in [1.54, 1.807) is 19.3 Å². The quantitative estimate of drug-likeness (QED) is 0.540. The van der Waals surface area contributed by atoms with E-state index in [0.29, 0.717) is 12.3 Å². The number of ether oxygens (including phenoxy) is 1. The molecule has 0 atom stereocenters. The third kappa shape index (κ3) is 2.69. The highest BCUT2D eigenvalue weighted by Crippen LogP contribution is 2.10. The third-order valence-electron chi connectivity index (χ3n) is 1.85. The molecule has 0 aromatic carbocycles. The van der Waals surface area contributed by atoms with Gasteiger partial charge < -0.3 is 4.74 Å². The van der Waals surface area contributed by atoms with Gasteiger partial charge in [0.05, 0.1) is 12.8 Å². The summed E-state index contributed by atoms with van der Waals surface area (Å²) in [6, 6.07) is 5.45. The molecule has 0 unspecified atom stereocenters. The number of hydrogen-bond acceptors (Lipinski definition) is 3. The zero-order valence-electron chi connectivity index (χ0n) is 8.36. The summed E-state index contributed by atoms with van der Waals surface area (Å²) < 4.78 is 4.97. The van der Waals surface area contributed by atoms with Gasteiger partial charge in [-0.1, -0.05) is 13.0 Å². The van der Waals surface area contributed by atoms with Gasteiger partial charge in [0.1, 0.15) is 6.29 Å². The molecular formula is C11H13NO2. The van der Waals surface area contributed by atoms with Crippen LogP contribution in [0, 0.1) is 0 Å². The fourth-order valence-corrected chi connectivity index (χ4v) is 1.03. The predicted molar refractivity (Wildman–Crippen MR) is 55.1 cm³/mol. The van der Waals surface area contributed by atoms with Gasteiger partial charge in [0.2, 0.25) is 5.88 Å². The summed E-state index contributed by atoms with van der Waals surface area (Å²) in [6.45, 7) is 1.93. The third-order valence-corrected chi connectivity index (χ3v) is 1.85. The average Bonchev–Trinajstić information content (AvgIpc) is 2.26. The first-order chi connectivity index (χ1) is 6.80. The number of methoxy groups -OCH3 is 1. The maximum absolute atomic E-state index is 10.6. The van der Waals surface area contributed by atoms with E-state index in [0.717, 1.165) is 17.6 Å². The van der Waals surface area contributed by atoms with Gasteiger partial charge in [-0.3, -0.25) is 4.79 Å². The molecule has 1 heterocycles. The average molecular weight is 191 g/mol. The number of nitrogens with zero attached hydrogens (tertiary/aromatic N) is 1. The lowest BCUT2D eigenvalue weighted by Gasteiger charge is -1.99. The van der Waals surface area contributed by atoms with Crippen molar-refractivity contribution in [3.63, 3.8) is 0 Å².